The Balaban J connectivity index is 1.91. The molecule has 3 rings (SSSR count). The summed E-state index contributed by atoms with van der Waals surface area (Å²) >= 11 is 0. The Morgan fingerprint density at radius 3 is 2.14 bits per heavy atom. The summed E-state index contributed by atoms with van der Waals surface area (Å²) in [5, 5.41) is 21.5. The number of hydrogen-bond acceptors (Lipinski definition) is 7. The fraction of sp³-hybridized carbons (Fsp3) is 0.192. The van der Waals surface area contributed by atoms with Gasteiger partial charge in [-0.3, -0.25) is 0 Å². The summed E-state index contributed by atoms with van der Waals surface area (Å²) < 4.78 is 34.0. The minimum atomic E-state index is -3.96. The van der Waals surface area contributed by atoms with Crippen LogP contribution in [0.25, 0.3) is 0 Å². The lowest BCUT2D eigenvalue weighted by Gasteiger charge is -2.23. The summed E-state index contributed by atoms with van der Waals surface area (Å²) in [4.78, 5) is 15.4. The molecule has 0 saturated heterocycles. The number of aliphatic carboxylic acids is 1. The lowest BCUT2D eigenvalue weighted by Crippen LogP contribution is -2.30. The van der Waals surface area contributed by atoms with Crippen LogP contribution >= 0.6 is 0 Å². The highest BCUT2D eigenvalue weighted by Crippen LogP contribution is 2.28. The van der Waals surface area contributed by atoms with E-state index in [2.05, 4.69) is 11.2 Å². The number of carbonyl (C=O) groups is 1. The monoisotopic (exact) mass is 507 g/mol. The molecule has 3 aromatic carbocycles. The van der Waals surface area contributed by atoms with Gasteiger partial charge in [0.2, 0.25) is 16.6 Å². The number of sulfonamides is 1. The van der Waals surface area contributed by atoms with Crippen LogP contribution in [0.4, 0.5) is 0 Å². The number of rotatable bonds is 11. The Morgan fingerprint density at radius 1 is 1.00 bits per heavy atom. The maximum Gasteiger partial charge on any atom is 0.344 e. The van der Waals surface area contributed by atoms with Crippen LogP contribution in [-0.4, -0.2) is 43.2 Å². The molecule has 0 heterocycles. The van der Waals surface area contributed by atoms with Gasteiger partial charge in [-0.05, 0) is 47.9 Å². The third kappa shape index (κ3) is 6.69. The van der Waals surface area contributed by atoms with Gasteiger partial charge in [0.25, 0.3) is 0 Å². The first-order valence-corrected chi connectivity index (χ1v) is 12.3. The van der Waals surface area contributed by atoms with Crippen molar-refractivity contribution in [1.82, 2.24) is 4.31 Å². The van der Waals surface area contributed by atoms with Gasteiger partial charge >= 0.3 is 5.97 Å². The van der Waals surface area contributed by atoms with Crippen molar-refractivity contribution in [3.8, 4) is 11.8 Å². The highest BCUT2D eigenvalue weighted by Gasteiger charge is 2.28. The lowest BCUT2D eigenvalue weighted by atomic mass is 10.1. The van der Waals surface area contributed by atoms with Crippen LogP contribution in [-0.2, 0) is 32.7 Å². The number of ether oxygens (including phenoxy) is 1. The standard InChI is InChI=1S/C26H25N3O6S/c1-19(28-35-18-26(30)31)23-13-11-22(12-14-23)17-29(16-21-9-7-20(15-27)8-10-21)36(32,33)25-6-4-3-5-24(25)34-2/h3-14H,16-18H2,1-2H3,(H,30,31)/b28-19+. The molecular formula is C26H25N3O6S. The van der Waals surface area contributed by atoms with E-state index < -0.39 is 22.6 Å². The van der Waals surface area contributed by atoms with Gasteiger partial charge in [-0.15, -0.1) is 0 Å². The van der Waals surface area contributed by atoms with Crippen molar-refractivity contribution >= 4 is 21.7 Å². The Labute approximate surface area is 209 Å². The summed E-state index contributed by atoms with van der Waals surface area (Å²) in [6.07, 6.45) is 0. The zero-order valence-corrected chi connectivity index (χ0v) is 20.6. The van der Waals surface area contributed by atoms with Gasteiger partial charge in [0, 0.05) is 13.1 Å². The topological polar surface area (TPSA) is 129 Å². The van der Waals surface area contributed by atoms with E-state index in [0.717, 1.165) is 11.1 Å². The minimum absolute atomic E-state index is 0.0522. The molecule has 0 bridgehead atoms. The number of carboxylic acids is 1. The van der Waals surface area contributed by atoms with Crippen LogP contribution in [0.1, 0.15) is 29.2 Å². The lowest BCUT2D eigenvalue weighted by molar-refractivity contribution is -0.142. The van der Waals surface area contributed by atoms with Crippen LogP contribution in [0.15, 0.2) is 82.8 Å². The smallest absolute Gasteiger partial charge is 0.344 e. The SMILES string of the molecule is COc1ccccc1S(=O)(=O)N(Cc1ccc(C#N)cc1)Cc1ccc(/C(C)=N/OCC(=O)O)cc1. The second-order valence-corrected chi connectivity index (χ2v) is 9.68. The molecule has 10 heteroatoms. The summed E-state index contributed by atoms with van der Waals surface area (Å²) in [6.45, 7) is 1.30. The van der Waals surface area contributed by atoms with E-state index in [4.69, 9.17) is 19.9 Å². The van der Waals surface area contributed by atoms with Crippen molar-refractivity contribution in [2.75, 3.05) is 13.7 Å². The van der Waals surface area contributed by atoms with Gasteiger partial charge in [-0.25, -0.2) is 13.2 Å². The molecule has 0 aliphatic rings. The van der Waals surface area contributed by atoms with Crippen molar-refractivity contribution < 1.29 is 27.9 Å². The number of para-hydroxylation sites is 1. The van der Waals surface area contributed by atoms with Crippen molar-refractivity contribution in [2.24, 2.45) is 5.16 Å². The summed E-state index contributed by atoms with van der Waals surface area (Å²) in [6, 6.07) is 22.3. The zero-order chi connectivity index (χ0) is 26.1. The molecule has 0 saturated carbocycles. The van der Waals surface area contributed by atoms with Crippen molar-refractivity contribution in [2.45, 2.75) is 24.9 Å². The second kappa shape index (κ2) is 12.0. The van der Waals surface area contributed by atoms with Gasteiger partial charge in [0.1, 0.15) is 10.6 Å². The Morgan fingerprint density at radius 2 is 1.58 bits per heavy atom. The molecule has 0 aromatic heterocycles. The molecule has 0 radical (unpaired) electrons. The quantitative estimate of drug-likeness (QED) is 0.309. The molecule has 0 atom stereocenters. The maximum absolute atomic E-state index is 13.7. The van der Waals surface area contributed by atoms with E-state index >= 15 is 0 Å². The van der Waals surface area contributed by atoms with Crippen LogP contribution in [0.3, 0.4) is 0 Å². The third-order valence-corrected chi connectivity index (χ3v) is 7.08. The Kier molecular flexibility index (Phi) is 8.78. The predicted molar refractivity (Wildman–Crippen MR) is 133 cm³/mol. The molecule has 0 amide bonds. The van der Waals surface area contributed by atoms with Gasteiger partial charge < -0.3 is 14.7 Å². The predicted octanol–water partition coefficient (Wildman–Crippen LogP) is 3.78. The van der Waals surface area contributed by atoms with Crippen molar-refractivity contribution in [1.29, 1.82) is 5.26 Å². The number of nitrogens with zero attached hydrogens (tertiary/aromatic N) is 3. The molecule has 3 aromatic rings. The molecule has 0 fully saturated rings. The van der Waals surface area contributed by atoms with E-state index in [1.807, 2.05) is 0 Å². The molecular weight excluding hydrogens is 482 g/mol. The van der Waals surface area contributed by atoms with E-state index in [1.165, 1.54) is 17.5 Å². The first-order chi connectivity index (χ1) is 17.2. The first kappa shape index (κ1) is 26.4. The normalized spacial score (nSPS) is 11.7. The summed E-state index contributed by atoms with van der Waals surface area (Å²) in [5.74, 6) is -0.883. The molecule has 0 spiro atoms. The van der Waals surface area contributed by atoms with E-state index in [0.29, 0.717) is 16.8 Å². The Hall–Kier alpha value is -4.20. The van der Waals surface area contributed by atoms with Gasteiger partial charge in [0.05, 0.1) is 24.5 Å². The number of oxime groups is 1. The molecule has 36 heavy (non-hydrogen) atoms. The number of benzene rings is 3. The molecule has 0 aliphatic carbocycles. The van der Waals surface area contributed by atoms with Crippen LogP contribution in [0, 0.1) is 11.3 Å². The zero-order valence-electron chi connectivity index (χ0n) is 19.8. The number of nitriles is 1. The number of methoxy groups -OCH3 is 1. The highest BCUT2D eigenvalue weighted by molar-refractivity contribution is 7.89. The Bertz CT molecular complexity index is 1380. The van der Waals surface area contributed by atoms with Crippen LogP contribution < -0.4 is 4.74 Å². The molecule has 9 nitrogen and oxygen atoms in total. The van der Waals surface area contributed by atoms with Gasteiger partial charge in [-0.1, -0.05) is 53.7 Å². The fourth-order valence-electron chi connectivity index (χ4n) is 3.38. The average Bonchev–Trinajstić information content (AvgIpc) is 2.88. The summed E-state index contributed by atoms with van der Waals surface area (Å²) in [7, 11) is -2.54. The van der Waals surface area contributed by atoms with Crippen LogP contribution in [0.5, 0.6) is 5.75 Å². The fourth-order valence-corrected chi connectivity index (χ4v) is 4.95. The van der Waals surface area contributed by atoms with Crippen molar-refractivity contribution in [3.63, 3.8) is 0 Å². The van der Waals surface area contributed by atoms with Gasteiger partial charge in [0.15, 0.2) is 0 Å². The van der Waals surface area contributed by atoms with E-state index in [9.17, 15) is 13.2 Å². The van der Waals surface area contributed by atoms with Gasteiger partial charge in [-0.2, -0.15) is 9.57 Å². The minimum Gasteiger partial charge on any atom is -0.495 e. The first-order valence-electron chi connectivity index (χ1n) is 10.8. The molecule has 186 valence electrons. The maximum atomic E-state index is 13.7. The van der Waals surface area contributed by atoms with Crippen molar-refractivity contribution in [3.05, 3.63) is 95.1 Å². The largest absolute Gasteiger partial charge is 0.495 e. The number of hydrogen-bond donors (Lipinski definition) is 1. The van der Waals surface area contributed by atoms with E-state index in [-0.39, 0.29) is 23.7 Å². The average molecular weight is 508 g/mol. The summed E-state index contributed by atoms with van der Waals surface area (Å²) in [5.41, 5.74) is 3.12. The number of carboxylic acid groups (broad SMARTS) is 1. The molecule has 0 unspecified atom stereocenters. The van der Waals surface area contributed by atoms with E-state index in [1.54, 1.807) is 73.7 Å². The van der Waals surface area contributed by atoms with Crippen LogP contribution in [0.2, 0.25) is 0 Å². The molecule has 0 aliphatic heterocycles. The third-order valence-electron chi connectivity index (χ3n) is 5.25. The molecule has 1 N–H and O–H groups in total. The second-order valence-electron chi connectivity index (χ2n) is 7.77. The highest BCUT2D eigenvalue weighted by atomic mass is 32.2.